The molecule has 5 nitrogen and oxygen atoms in total. The molecule has 0 saturated heterocycles. The third-order valence-corrected chi connectivity index (χ3v) is 3.82. The van der Waals surface area contributed by atoms with Crippen LogP contribution in [0.2, 0.25) is 5.02 Å². The van der Waals surface area contributed by atoms with Crippen molar-refractivity contribution in [2.45, 2.75) is 25.9 Å². The van der Waals surface area contributed by atoms with E-state index in [1.165, 1.54) is 0 Å². The smallest absolute Gasteiger partial charge is 0.169 e. The second-order valence-electron chi connectivity index (χ2n) is 5.15. The summed E-state index contributed by atoms with van der Waals surface area (Å²) in [5, 5.41) is 9.25. The van der Waals surface area contributed by atoms with E-state index in [0.29, 0.717) is 44.6 Å². The lowest BCUT2D eigenvalue weighted by Gasteiger charge is -2.13. The summed E-state index contributed by atoms with van der Waals surface area (Å²) in [5.41, 5.74) is 1.22. The highest BCUT2D eigenvalue weighted by atomic mass is 35.5. The Hall–Kier alpha value is -1.66. The van der Waals surface area contributed by atoms with Crippen molar-refractivity contribution in [2.24, 2.45) is 5.16 Å². The van der Waals surface area contributed by atoms with E-state index in [9.17, 15) is 4.21 Å². The van der Waals surface area contributed by atoms with E-state index in [1.807, 2.05) is 13.8 Å². The summed E-state index contributed by atoms with van der Waals surface area (Å²) >= 11 is 6.25. The van der Waals surface area contributed by atoms with Crippen molar-refractivity contribution >= 4 is 44.4 Å². The molecule has 0 unspecified atom stereocenters. The standard InChI is InChI=1S/C13H11ClN2O3S/c1-13(2)6-9(15-19-13)12(20-17)11-8-4-3-7(14)5-10(8)18-16-11/h3-5H,6H2,1-2H3. The van der Waals surface area contributed by atoms with Crippen LogP contribution in [0.5, 0.6) is 0 Å². The Morgan fingerprint density at radius 2 is 2.25 bits per heavy atom. The van der Waals surface area contributed by atoms with Gasteiger partial charge in [0.2, 0.25) is 0 Å². The van der Waals surface area contributed by atoms with E-state index in [2.05, 4.69) is 10.3 Å². The summed E-state index contributed by atoms with van der Waals surface area (Å²) in [6.45, 7) is 3.83. The summed E-state index contributed by atoms with van der Waals surface area (Å²) in [6.07, 6.45) is 0.555. The van der Waals surface area contributed by atoms with Gasteiger partial charge in [0.25, 0.3) is 0 Å². The van der Waals surface area contributed by atoms with E-state index in [1.54, 1.807) is 18.2 Å². The van der Waals surface area contributed by atoms with Gasteiger partial charge in [0, 0.05) is 17.5 Å². The monoisotopic (exact) mass is 310 g/mol. The highest BCUT2D eigenvalue weighted by Crippen LogP contribution is 2.27. The average molecular weight is 311 g/mol. The van der Waals surface area contributed by atoms with Crippen LogP contribution in [0.3, 0.4) is 0 Å². The van der Waals surface area contributed by atoms with Gasteiger partial charge in [-0.15, -0.1) is 0 Å². The molecule has 0 saturated carbocycles. The maximum atomic E-state index is 11.5. The lowest BCUT2D eigenvalue weighted by Crippen LogP contribution is -2.23. The van der Waals surface area contributed by atoms with Crippen LogP contribution in [0.4, 0.5) is 0 Å². The molecule has 20 heavy (non-hydrogen) atoms. The molecule has 0 fully saturated rings. The molecule has 2 aromatic rings. The van der Waals surface area contributed by atoms with Crippen LogP contribution in [-0.4, -0.2) is 25.5 Å². The zero-order valence-electron chi connectivity index (χ0n) is 10.8. The van der Waals surface area contributed by atoms with Crippen LogP contribution >= 0.6 is 11.6 Å². The molecule has 0 aliphatic carbocycles. The maximum Gasteiger partial charge on any atom is 0.169 e. The number of oxime groups is 1. The van der Waals surface area contributed by atoms with Crippen molar-refractivity contribution in [1.82, 2.24) is 5.16 Å². The molecule has 0 N–H and O–H groups in total. The van der Waals surface area contributed by atoms with E-state index < -0.39 is 5.60 Å². The summed E-state index contributed by atoms with van der Waals surface area (Å²) in [6, 6.07) is 5.17. The molecule has 1 aliphatic rings. The molecule has 7 heteroatoms. The molecule has 0 bridgehead atoms. The van der Waals surface area contributed by atoms with E-state index in [-0.39, 0.29) is 0 Å². The highest BCUT2D eigenvalue weighted by Gasteiger charge is 2.33. The molecule has 0 radical (unpaired) electrons. The average Bonchev–Trinajstić information content (AvgIpc) is 2.95. The molecule has 0 atom stereocenters. The number of aromatic nitrogens is 1. The molecule has 2 heterocycles. The normalized spacial score (nSPS) is 16.9. The van der Waals surface area contributed by atoms with Gasteiger partial charge in [-0.2, -0.15) is 0 Å². The molecule has 0 spiro atoms. The van der Waals surface area contributed by atoms with Gasteiger partial charge >= 0.3 is 0 Å². The molecular weight excluding hydrogens is 300 g/mol. The van der Waals surface area contributed by atoms with Crippen LogP contribution in [0.15, 0.2) is 27.9 Å². The Morgan fingerprint density at radius 1 is 1.45 bits per heavy atom. The first-order valence-electron chi connectivity index (χ1n) is 5.98. The molecular formula is C13H11ClN2O3S. The van der Waals surface area contributed by atoms with Crippen molar-refractivity contribution < 1.29 is 13.6 Å². The van der Waals surface area contributed by atoms with Gasteiger partial charge in [0.1, 0.15) is 33.1 Å². The third-order valence-electron chi connectivity index (χ3n) is 2.99. The first-order valence-corrected chi connectivity index (χ1v) is 7.10. The van der Waals surface area contributed by atoms with E-state index in [4.69, 9.17) is 21.0 Å². The summed E-state index contributed by atoms with van der Waals surface area (Å²) < 4.78 is 16.7. The number of halogens is 1. The number of fused-ring (bicyclic) bond motifs is 1. The fourth-order valence-electron chi connectivity index (χ4n) is 2.07. The lowest BCUT2D eigenvalue weighted by atomic mass is 9.99. The minimum Gasteiger partial charge on any atom is -0.389 e. The molecule has 104 valence electrons. The van der Waals surface area contributed by atoms with Crippen molar-refractivity contribution in [3.05, 3.63) is 28.9 Å². The fraction of sp³-hybridized carbons (Fsp3) is 0.308. The second kappa shape index (κ2) is 4.71. The van der Waals surface area contributed by atoms with Gasteiger partial charge in [0.15, 0.2) is 5.58 Å². The fourth-order valence-corrected chi connectivity index (χ4v) is 2.66. The summed E-state index contributed by atoms with van der Waals surface area (Å²) in [4.78, 5) is 5.73. The molecule has 1 aliphatic heterocycles. The van der Waals surface area contributed by atoms with Crippen molar-refractivity contribution in [3.63, 3.8) is 0 Å². The van der Waals surface area contributed by atoms with Crippen LogP contribution in [0.1, 0.15) is 26.0 Å². The first-order chi connectivity index (χ1) is 9.50. The maximum absolute atomic E-state index is 11.5. The lowest BCUT2D eigenvalue weighted by molar-refractivity contribution is 0.0123. The van der Waals surface area contributed by atoms with Gasteiger partial charge in [-0.3, -0.25) is 0 Å². The van der Waals surface area contributed by atoms with E-state index in [0.717, 1.165) is 5.39 Å². The van der Waals surface area contributed by atoms with Gasteiger partial charge in [0.05, 0.1) is 5.39 Å². The highest BCUT2D eigenvalue weighted by molar-refractivity contribution is 7.69. The minimum absolute atomic E-state index is 0.345. The van der Waals surface area contributed by atoms with Gasteiger partial charge in [-0.05, 0) is 26.0 Å². The zero-order valence-corrected chi connectivity index (χ0v) is 12.4. The van der Waals surface area contributed by atoms with Crippen LogP contribution in [0, 0.1) is 0 Å². The predicted octanol–water partition coefficient (Wildman–Crippen LogP) is 2.77. The van der Waals surface area contributed by atoms with Gasteiger partial charge < -0.3 is 9.36 Å². The molecule has 0 amide bonds. The van der Waals surface area contributed by atoms with Crippen molar-refractivity contribution in [3.8, 4) is 0 Å². The quantitative estimate of drug-likeness (QED) is 0.632. The number of benzene rings is 1. The summed E-state index contributed by atoms with van der Waals surface area (Å²) in [7, 11) is 0. The first kappa shape index (κ1) is 13.3. The zero-order chi connectivity index (χ0) is 14.3. The Balaban J connectivity index is 2.08. The van der Waals surface area contributed by atoms with Crippen LogP contribution in [0.25, 0.3) is 11.0 Å². The van der Waals surface area contributed by atoms with Crippen LogP contribution < -0.4 is 0 Å². The van der Waals surface area contributed by atoms with Crippen LogP contribution in [-0.2, 0) is 16.1 Å². The van der Waals surface area contributed by atoms with Gasteiger partial charge in [-0.25, -0.2) is 4.21 Å². The number of rotatable bonds is 2. The van der Waals surface area contributed by atoms with Gasteiger partial charge in [-0.1, -0.05) is 21.9 Å². The van der Waals surface area contributed by atoms with E-state index >= 15 is 0 Å². The molecule has 3 rings (SSSR count). The largest absolute Gasteiger partial charge is 0.389 e. The number of nitrogens with zero attached hydrogens (tertiary/aromatic N) is 2. The number of hydrogen-bond acceptors (Lipinski definition) is 5. The Labute approximate surface area is 123 Å². The Kier molecular flexibility index (Phi) is 3.14. The Morgan fingerprint density at radius 3 is 2.90 bits per heavy atom. The molecule has 1 aromatic heterocycles. The topological polar surface area (TPSA) is 64.7 Å². The minimum atomic E-state index is -0.404. The predicted molar refractivity (Wildman–Crippen MR) is 78.5 cm³/mol. The summed E-state index contributed by atoms with van der Waals surface area (Å²) in [5.74, 6) is 0. The number of hydrogen-bond donors (Lipinski definition) is 0. The molecule has 1 aromatic carbocycles. The Bertz CT molecular complexity index is 775. The second-order valence-corrected chi connectivity index (χ2v) is 6.16. The third kappa shape index (κ3) is 2.25. The van der Waals surface area contributed by atoms with Crippen molar-refractivity contribution in [1.29, 1.82) is 0 Å². The SMILES string of the molecule is CC1(C)CC(C(=S=O)c2noc3cc(Cl)ccc23)=NO1. The van der Waals surface area contributed by atoms with Crippen molar-refractivity contribution in [2.75, 3.05) is 0 Å².